The SMILES string of the molecule is Cc1cccc(/C=C/C(=O)OCc2nc(-c3ccc(F)cc3)no2)c1. The molecule has 1 heterocycles. The van der Waals surface area contributed by atoms with Crippen molar-refractivity contribution in [2.75, 3.05) is 0 Å². The highest BCUT2D eigenvalue weighted by Gasteiger charge is 2.10. The lowest BCUT2D eigenvalue weighted by Crippen LogP contribution is -2.01. The third-order valence-corrected chi connectivity index (χ3v) is 3.36. The molecular weight excluding hydrogens is 323 g/mol. The van der Waals surface area contributed by atoms with Crippen LogP contribution in [0.1, 0.15) is 17.0 Å². The van der Waals surface area contributed by atoms with Crippen LogP contribution in [-0.4, -0.2) is 16.1 Å². The van der Waals surface area contributed by atoms with Gasteiger partial charge in [0.25, 0.3) is 5.89 Å². The van der Waals surface area contributed by atoms with E-state index < -0.39 is 5.97 Å². The molecule has 0 aliphatic carbocycles. The van der Waals surface area contributed by atoms with Crippen LogP contribution in [0.3, 0.4) is 0 Å². The van der Waals surface area contributed by atoms with E-state index in [1.54, 1.807) is 18.2 Å². The van der Waals surface area contributed by atoms with Gasteiger partial charge in [0.1, 0.15) is 5.82 Å². The summed E-state index contributed by atoms with van der Waals surface area (Å²) in [4.78, 5) is 15.9. The van der Waals surface area contributed by atoms with Crippen LogP contribution in [0.4, 0.5) is 4.39 Å². The Morgan fingerprint density at radius 3 is 2.80 bits per heavy atom. The average molecular weight is 338 g/mol. The highest BCUT2D eigenvalue weighted by molar-refractivity contribution is 5.87. The van der Waals surface area contributed by atoms with Gasteiger partial charge in [0, 0.05) is 11.6 Å². The number of carbonyl (C=O) groups is 1. The van der Waals surface area contributed by atoms with Crippen molar-refractivity contribution in [3.8, 4) is 11.4 Å². The minimum absolute atomic E-state index is 0.134. The number of aromatic nitrogens is 2. The van der Waals surface area contributed by atoms with Crippen molar-refractivity contribution in [2.45, 2.75) is 13.5 Å². The Labute approximate surface area is 143 Å². The normalized spacial score (nSPS) is 11.0. The molecule has 0 saturated carbocycles. The number of hydrogen-bond acceptors (Lipinski definition) is 5. The first-order chi connectivity index (χ1) is 12.1. The Hall–Kier alpha value is -3.28. The molecule has 0 bridgehead atoms. The fraction of sp³-hybridized carbons (Fsp3) is 0.105. The van der Waals surface area contributed by atoms with E-state index in [2.05, 4.69) is 10.1 Å². The summed E-state index contributed by atoms with van der Waals surface area (Å²) in [5.74, 6) is -0.386. The molecule has 3 aromatic rings. The van der Waals surface area contributed by atoms with Gasteiger partial charge in [-0.05, 0) is 42.8 Å². The molecule has 0 spiro atoms. The lowest BCUT2D eigenvalue weighted by molar-refractivity contribution is -0.139. The summed E-state index contributed by atoms with van der Waals surface area (Å²) in [5, 5.41) is 3.78. The first kappa shape index (κ1) is 16.6. The molecular formula is C19H15FN2O3. The van der Waals surface area contributed by atoms with Crippen LogP contribution in [0.2, 0.25) is 0 Å². The fourth-order valence-corrected chi connectivity index (χ4v) is 2.15. The topological polar surface area (TPSA) is 65.2 Å². The van der Waals surface area contributed by atoms with Gasteiger partial charge >= 0.3 is 5.97 Å². The van der Waals surface area contributed by atoms with Gasteiger partial charge in [0.2, 0.25) is 5.82 Å². The number of esters is 1. The highest BCUT2D eigenvalue weighted by atomic mass is 19.1. The van der Waals surface area contributed by atoms with E-state index in [0.29, 0.717) is 11.4 Å². The van der Waals surface area contributed by atoms with Gasteiger partial charge in [-0.1, -0.05) is 35.0 Å². The largest absolute Gasteiger partial charge is 0.452 e. The van der Waals surface area contributed by atoms with Crippen LogP contribution >= 0.6 is 0 Å². The van der Waals surface area contributed by atoms with Crippen molar-refractivity contribution in [1.29, 1.82) is 0 Å². The number of rotatable bonds is 5. The van der Waals surface area contributed by atoms with E-state index in [9.17, 15) is 9.18 Å². The average Bonchev–Trinajstić information content (AvgIpc) is 3.08. The second-order valence-corrected chi connectivity index (χ2v) is 5.37. The number of hydrogen-bond donors (Lipinski definition) is 0. The number of ether oxygens (including phenoxy) is 1. The second-order valence-electron chi connectivity index (χ2n) is 5.37. The van der Waals surface area contributed by atoms with E-state index in [0.717, 1.165) is 11.1 Å². The predicted octanol–water partition coefficient (Wildman–Crippen LogP) is 3.94. The summed E-state index contributed by atoms with van der Waals surface area (Å²) >= 11 is 0. The molecule has 0 aliphatic heterocycles. The van der Waals surface area contributed by atoms with Crippen LogP contribution in [0.25, 0.3) is 17.5 Å². The molecule has 0 saturated heterocycles. The number of halogens is 1. The molecule has 0 radical (unpaired) electrons. The van der Waals surface area contributed by atoms with Crippen LogP contribution < -0.4 is 0 Å². The molecule has 0 fully saturated rings. The van der Waals surface area contributed by atoms with Crippen LogP contribution in [0.15, 0.2) is 59.1 Å². The van der Waals surface area contributed by atoms with Gasteiger partial charge in [-0.15, -0.1) is 0 Å². The van der Waals surface area contributed by atoms with Gasteiger partial charge in [-0.2, -0.15) is 4.98 Å². The van der Waals surface area contributed by atoms with Gasteiger partial charge in [0.15, 0.2) is 6.61 Å². The molecule has 1 aromatic heterocycles. The molecule has 0 unspecified atom stereocenters. The number of benzene rings is 2. The molecule has 0 aliphatic rings. The molecule has 6 heteroatoms. The monoisotopic (exact) mass is 338 g/mol. The zero-order chi connectivity index (χ0) is 17.6. The van der Waals surface area contributed by atoms with Crippen molar-refractivity contribution >= 4 is 12.0 Å². The maximum absolute atomic E-state index is 12.9. The number of aryl methyl sites for hydroxylation is 1. The summed E-state index contributed by atoms with van der Waals surface area (Å²) in [6.45, 7) is 1.84. The quantitative estimate of drug-likeness (QED) is 0.521. The van der Waals surface area contributed by atoms with Crippen molar-refractivity contribution in [3.63, 3.8) is 0 Å². The predicted molar refractivity (Wildman–Crippen MR) is 89.7 cm³/mol. The summed E-state index contributed by atoms with van der Waals surface area (Å²) < 4.78 is 23.0. The van der Waals surface area contributed by atoms with E-state index in [-0.39, 0.29) is 18.3 Å². The molecule has 3 rings (SSSR count). The Kier molecular flexibility index (Phi) is 4.99. The van der Waals surface area contributed by atoms with Crippen molar-refractivity contribution in [3.05, 3.63) is 77.4 Å². The van der Waals surface area contributed by atoms with Gasteiger partial charge in [-0.3, -0.25) is 0 Å². The number of carbonyl (C=O) groups excluding carboxylic acids is 1. The summed E-state index contributed by atoms with van der Waals surface area (Å²) in [6, 6.07) is 13.4. The Balaban J connectivity index is 1.56. The smallest absolute Gasteiger partial charge is 0.331 e. The maximum atomic E-state index is 12.9. The first-order valence-corrected chi connectivity index (χ1v) is 7.60. The molecule has 0 amide bonds. The van der Waals surface area contributed by atoms with E-state index in [1.165, 1.54) is 18.2 Å². The number of nitrogens with zero attached hydrogens (tertiary/aromatic N) is 2. The second kappa shape index (κ2) is 7.53. The molecule has 126 valence electrons. The molecule has 0 atom stereocenters. The van der Waals surface area contributed by atoms with Gasteiger partial charge < -0.3 is 9.26 Å². The van der Waals surface area contributed by atoms with Crippen LogP contribution in [-0.2, 0) is 16.1 Å². The van der Waals surface area contributed by atoms with Crippen LogP contribution in [0.5, 0.6) is 0 Å². The lowest BCUT2D eigenvalue weighted by Gasteiger charge is -1.98. The van der Waals surface area contributed by atoms with E-state index >= 15 is 0 Å². The molecule has 2 aromatic carbocycles. The van der Waals surface area contributed by atoms with E-state index in [4.69, 9.17) is 9.26 Å². The first-order valence-electron chi connectivity index (χ1n) is 7.60. The van der Waals surface area contributed by atoms with Crippen molar-refractivity contribution in [1.82, 2.24) is 10.1 Å². The lowest BCUT2D eigenvalue weighted by atomic mass is 10.1. The highest BCUT2D eigenvalue weighted by Crippen LogP contribution is 2.16. The van der Waals surface area contributed by atoms with Crippen LogP contribution in [0, 0.1) is 12.7 Å². The standard InChI is InChI=1S/C19H15FN2O3/c1-13-3-2-4-14(11-13)5-10-18(23)24-12-17-21-19(22-25-17)15-6-8-16(20)9-7-15/h2-11H,12H2,1H3/b10-5+. The minimum Gasteiger partial charge on any atom is -0.452 e. The van der Waals surface area contributed by atoms with Gasteiger partial charge in [0.05, 0.1) is 0 Å². The maximum Gasteiger partial charge on any atom is 0.331 e. The Bertz CT molecular complexity index is 901. The Morgan fingerprint density at radius 1 is 1.24 bits per heavy atom. The summed E-state index contributed by atoms with van der Waals surface area (Å²) in [6.07, 6.45) is 3.01. The summed E-state index contributed by atoms with van der Waals surface area (Å²) in [5.41, 5.74) is 2.63. The third-order valence-electron chi connectivity index (χ3n) is 3.36. The van der Waals surface area contributed by atoms with Gasteiger partial charge in [-0.25, -0.2) is 9.18 Å². The summed E-state index contributed by atoms with van der Waals surface area (Å²) in [7, 11) is 0. The minimum atomic E-state index is -0.511. The molecule has 0 N–H and O–H groups in total. The molecule has 25 heavy (non-hydrogen) atoms. The fourth-order valence-electron chi connectivity index (χ4n) is 2.15. The third kappa shape index (κ3) is 4.60. The Morgan fingerprint density at radius 2 is 2.04 bits per heavy atom. The zero-order valence-electron chi connectivity index (χ0n) is 13.5. The zero-order valence-corrected chi connectivity index (χ0v) is 13.5. The van der Waals surface area contributed by atoms with Crippen molar-refractivity contribution < 1.29 is 18.4 Å². The van der Waals surface area contributed by atoms with Crippen molar-refractivity contribution in [2.24, 2.45) is 0 Å². The molecule has 5 nitrogen and oxygen atoms in total. The van der Waals surface area contributed by atoms with E-state index in [1.807, 2.05) is 31.2 Å².